The molecule has 0 aromatic carbocycles. The maximum Gasteiger partial charge on any atom is 0.162 e. The van der Waals surface area contributed by atoms with Crippen LogP contribution in [-0.4, -0.2) is 18.0 Å². The molecule has 23 heavy (non-hydrogen) atoms. The number of ether oxygens (including phenoxy) is 1. The summed E-state index contributed by atoms with van der Waals surface area (Å²) < 4.78 is 6.52. The Labute approximate surface area is 140 Å². The first-order chi connectivity index (χ1) is 11.0. The lowest BCUT2D eigenvalue weighted by Gasteiger charge is -2.65. The van der Waals surface area contributed by atoms with Gasteiger partial charge in [-0.2, -0.15) is 0 Å². The first-order valence-corrected chi connectivity index (χ1v) is 10.2. The molecule has 5 fully saturated rings. The minimum absolute atomic E-state index is 0.0416. The molecule has 2 unspecified atom stereocenters. The quantitative estimate of drug-likeness (QED) is 0.644. The van der Waals surface area contributed by atoms with Gasteiger partial charge in [-0.1, -0.05) is 26.7 Å². The molecule has 1 heterocycles. The molecule has 7 atom stereocenters. The van der Waals surface area contributed by atoms with Crippen molar-refractivity contribution in [2.45, 2.75) is 83.7 Å². The van der Waals surface area contributed by atoms with Gasteiger partial charge in [0, 0.05) is 11.3 Å². The van der Waals surface area contributed by atoms with Crippen LogP contribution >= 0.6 is 0 Å². The van der Waals surface area contributed by atoms with Crippen LogP contribution in [0.2, 0.25) is 0 Å². The summed E-state index contributed by atoms with van der Waals surface area (Å²) in [6.45, 7) is 5.43. The van der Waals surface area contributed by atoms with Crippen LogP contribution in [0.3, 0.4) is 0 Å². The molecule has 4 aliphatic carbocycles. The zero-order valence-corrected chi connectivity index (χ0v) is 14.9. The topological polar surface area (TPSA) is 26.3 Å². The van der Waals surface area contributed by atoms with Crippen molar-refractivity contribution < 1.29 is 9.53 Å². The van der Waals surface area contributed by atoms with Gasteiger partial charge in [0.25, 0.3) is 0 Å². The smallest absolute Gasteiger partial charge is 0.162 e. The number of fused-ring (bicyclic) bond motifs is 3. The van der Waals surface area contributed by atoms with E-state index < -0.39 is 0 Å². The molecule has 0 spiro atoms. The summed E-state index contributed by atoms with van der Waals surface area (Å²) in [5, 5.41) is 0. The molecule has 4 saturated carbocycles. The highest BCUT2D eigenvalue weighted by atomic mass is 16.5. The number of Topliss-reactive ketones (excluding diaryl/α,β-unsaturated/α-hetero) is 1. The van der Waals surface area contributed by atoms with E-state index in [1.165, 1.54) is 51.4 Å². The maximum atomic E-state index is 12.4. The predicted octanol–water partition coefficient (Wildman–Crippen LogP) is 4.76. The Bertz CT molecular complexity index is 542. The monoisotopic (exact) mass is 316 g/mol. The van der Waals surface area contributed by atoms with Gasteiger partial charge in [-0.3, -0.25) is 4.79 Å². The van der Waals surface area contributed by atoms with E-state index in [1.54, 1.807) is 0 Å². The van der Waals surface area contributed by atoms with Crippen molar-refractivity contribution in [3.05, 3.63) is 0 Å². The molecule has 128 valence electrons. The Hall–Kier alpha value is -0.370. The number of carbonyl (C=O) groups excluding carboxylic acids is 1. The fourth-order valence-electron chi connectivity index (χ4n) is 8.39. The lowest BCUT2D eigenvalue weighted by Crippen LogP contribution is -2.65. The standard InChI is InChI=1S/C21H32O2/c1-19-10-4-3-5-14(19)6-7-16-15(19)8-11-20(2)17-9-12-21(16,20)23-13-18(17)22/h14-17H,3-13H2,1-2H3/t14?,15-,16+,17+,19-,20+,21?/m0/s1. The summed E-state index contributed by atoms with van der Waals surface area (Å²) in [5.74, 6) is 3.23. The molecule has 5 rings (SSSR count). The van der Waals surface area contributed by atoms with Gasteiger partial charge in [-0.25, -0.2) is 0 Å². The van der Waals surface area contributed by atoms with E-state index in [0.29, 0.717) is 23.7 Å². The Morgan fingerprint density at radius 2 is 1.78 bits per heavy atom. The van der Waals surface area contributed by atoms with Crippen LogP contribution in [0.5, 0.6) is 0 Å². The molecule has 2 nitrogen and oxygen atoms in total. The van der Waals surface area contributed by atoms with Crippen molar-refractivity contribution in [3.63, 3.8) is 0 Å². The van der Waals surface area contributed by atoms with Crippen LogP contribution in [0, 0.1) is 34.5 Å². The van der Waals surface area contributed by atoms with Gasteiger partial charge < -0.3 is 4.74 Å². The molecule has 2 bridgehead atoms. The number of hydrogen-bond acceptors (Lipinski definition) is 2. The number of carbonyl (C=O) groups is 1. The van der Waals surface area contributed by atoms with Crippen LogP contribution in [0.25, 0.3) is 0 Å². The third kappa shape index (κ3) is 1.62. The van der Waals surface area contributed by atoms with E-state index in [4.69, 9.17) is 4.74 Å². The minimum Gasteiger partial charge on any atom is -0.366 e. The van der Waals surface area contributed by atoms with Gasteiger partial charge in [0.2, 0.25) is 0 Å². The van der Waals surface area contributed by atoms with Crippen molar-refractivity contribution in [1.29, 1.82) is 0 Å². The first kappa shape index (κ1) is 14.9. The average Bonchev–Trinajstić information content (AvgIpc) is 2.73. The zero-order valence-electron chi connectivity index (χ0n) is 14.9. The average molecular weight is 316 g/mol. The number of hydrogen-bond donors (Lipinski definition) is 0. The lowest BCUT2D eigenvalue weighted by molar-refractivity contribution is -0.243. The molecule has 0 amide bonds. The molecule has 5 aliphatic rings. The Morgan fingerprint density at radius 3 is 2.65 bits per heavy atom. The Balaban J connectivity index is 1.56. The second-order valence-electron chi connectivity index (χ2n) is 9.93. The minimum atomic E-state index is 0.0416. The lowest BCUT2D eigenvalue weighted by atomic mass is 9.43. The van der Waals surface area contributed by atoms with Crippen LogP contribution in [0.15, 0.2) is 0 Å². The zero-order chi connectivity index (χ0) is 15.9. The largest absolute Gasteiger partial charge is 0.366 e. The van der Waals surface area contributed by atoms with Crippen LogP contribution in [0.1, 0.15) is 78.1 Å². The van der Waals surface area contributed by atoms with Crippen molar-refractivity contribution in [1.82, 2.24) is 0 Å². The highest BCUT2D eigenvalue weighted by Gasteiger charge is 2.70. The van der Waals surface area contributed by atoms with Crippen molar-refractivity contribution in [3.8, 4) is 0 Å². The fraction of sp³-hybridized carbons (Fsp3) is 0.952. The fourth-order valence-corrected chi connectivity index (χ4v) is 8.39. The summed E-state index contributed by atoms with van der Waals surface area (Å²) >= 11 is 0. The molecular weight excluding hydrogens is 284 g/mol. The van der Waals surface area contributed by atoms with Gasteiger partial charge in [-0.05, 0) is 74.5 Å². The summed E-state index contributed by atoms with van der Waals surface area (Å²) in [4.78, 5) is 12.4. The third-order valence-corrected chi connectivity index (χ3v) is 9.58. The van der Waals surface area contributed by atoms with Gasteiger partial charge in [0.15, 0.2) is 5.78 Å². The van der Waals surface area contributed by atoms with Crippen LogP contribution in [0.4, 0.5) is 0 Å². The summed E-state index contributed by atoms with van der Waals surface area (Å²) in [6.07, 6.45) is 13.4. The first-order valence-electron chi connectivity index (χ1n) is 10.2. The van der Waals surface area contributed by atoms with E-state index in [2.05, 4.69) is 13.8 Å². The molecule has 2 heteroatoms. The van der Waals surface area contributed by atoms with E-state index >= 15 is 0 Å². The molecule has 0 N–H and O–H groups in total. The predicted molar refractivity (Wildman–Crippen MR) is 90.0 cm³/mol. The second kappa shape index (κ2) is 4.62. The molecule has 1 aliphatic heterocycles. The van der Waals surface area contributed by atoms with Gasteiger partial charge in [-0.15, -0.1) is 0 Å². The van der Waals surface area contributed by atoms with Gasteiger partial charge >= 0.3 is 0 Å². The van der Waals surface area contributed by atoms with E-state index in [0.717, 1.165) is 30.6 Å². The van der Waals surface area contributed by atoms with E-state index in [-0.39, 0.29) is 11.0 Å². The van der Waals surface area contributed by atoms with Crippen molar-refractivity contribution in [2.24, 2.45) is 34.5 Å². The summed E-state index contributed by atoms with van der Waals surface area (Å²) in [6, 6.07) is 0. The van der Waals surface area contributed by atoms with Crippen LogP contribution < -0.4 is 0 Å². The van der Waals surface area contributed by atoms with E-state index in [9.17, 15) is 4.79 Å². The highest BCUT2D eigenvalue weighted by molar-refractivity contribution is 5.85. The number of rotatable bonds is 0. The summed E-state index contributed by atoms with van der Waals surface area (Å²) in [5.41, 5.74) is 0.738. The van der Waals surface area contributed by atoms with Gasteiger partial charge in [0.05, 0.1) is 5.60 Å². The normalized spacial score (nSPS) is 58.3. The highest BCUT2D eigenvalue weighted by Crippen LogP contribution is 2.71. The molecule has 0 radical (unpaired) electrons. The van der Waals surface area contributed by atoms with Crippen molar-refractivity contribution >= 4 is 5.78 Å². The molecule has 0 aromatic rings. The maximum absolute atomic E-state index is 12.4. The van der Waals surface area contributed by atoms with E-state index in [1.807, 2.05) is 0 Å². The van der Waals surface area contributed by atoms with Gasteiger partial charge in [0.1, 0.15) is 6.61 Å². The SMILES string of the molecule is C[C@]12CCCCC1CC[C@@H]1[C@@H]2CC[C@]2(C)[C@@H]3CCC12OCC3=O. The summed E-state index contributed by atoms with van der Waals surface area (Å²) in [7, 11) is 0. The van der Waals surface area contributed by atoms with Crippen LogP contribution in [-0.2, 0) is 9.53 Å². The van der Waals surface area contributed by atoms with Crippen molar-refractivity contribution in [2.75, 3.05) is 6.61 Å². The molecule has 0 aromatic heterocycles. The second-order valence-corrected chi connectivity index (χ2v) is 9.93. The Kier molecular flexibility index (Phi) is 3.00. The molecular formula is C21H32O2. The third-order valence-electron chi connectivity index (χ3n) is 9.58. The number of ketones is 1. The Morgan fingerprint density at radius 1 is 0.913 bits per heavy atom. The molecule has 1 saturated heterocycles.